The minimum Gasteiger partial charge on any atom is -0.383 e. The van der Waals surface area contributed by atoms with Gasteiger partial charge in [0.2, 0.25) is 0 Å². The first-order chi connectivity index (χ1) is 7.31. The molecule has 0 bridgehead atoms. The number of nitrogens with one attached hydrogen (secondary N) is 1. The van der Waals surface area contributed by atoms with E-state index in [9.17, 15) is 0 Å². The summed E-state index contributed by atoms with van der Waals surface area (Å²) in [6.07, 6.45) is 4.50. The summed E-state index contributed by atoms with van der Waals surface area (Å²) in [5, 5.41) is 2.92. The van der Waals surface area contributed by atoms with E-state index in [2.05, 4.69) is 25.3 Å². The van der Waals surface area contributed by atoms with Crippen molar-refractivity contribution in [1.82, 2.24) is 19.9 Å². The first kappa shape index (κ1) is 9.32. The number of hydrogen-bond acceptors (Lipinski definition) is 6. The Balaban J connectivity index is 2.49. The van der Waals surface area contributed by atoms with Crippen LogP contribution in [-0.4, -0.2) is 27.0 Å². The molecule has 2 aromatic rings. The van der Waals surface area contributed by atoms with Gasteiger partial charge in [0.25, 0.3) is 0 Å². The second kappa shape index (κ2) is 3.87. The molecule has 3 N–H and O–H groups in total. The Morgan fingerprint density at radius 2 is 2.07 bits per heavy atom. The molecule has 0 aliphatic rings. The van der Waals surface area contributed by atoms with Crippen molar-refractivity contribution in [2.24, 2.45) is 0 Å². The lowest BCUT2D eigenvalue weighted by Gasteiger charge is -2.04. The summed E-state index contributed by atoms with van der Waals surface area (Å²) < 4.78 is 0. The first-order valence-corrected chi connectivity index (χ1v) is 4.37. The molecular weight excluding hydrogens is 192 g/mol. The lowest BCUT2D eigenvalue weighted by atomic mass is 10.2. The number of hydrogen-bond donors (Lipinski definition) is 2. The normalized spacial score (nSPS) is 9.93. The van der Waals surface area contributed by atoms with E-state index in [4.69, 9.17) is 5.73 Å². The van der Waals surface area contributed by atoms with Gasteiger partial charge in [0.05, 0.1) is 11.3 Å². The molecule has 0 amide bonds. The molecular formula is C9H10N6. The van der Waals surface area contributed by atoms with Crippen LogP contribution in [0.15, 0.2) is 24.9 Å². The highest BCUT2D eigenvalue weighted by atomic mass is 15.0. The molecule has 15 heavy (non-hydrogen) atoms. The molecule has 0 unspecified atom stereocenters. The second-order valence-electron chi connectivity index (χ2n) is 2.86. The Kier molecular flexibility index (Phi) is 2.40. The van der Waals surface area contributed by atoms with Crippen LogP contribution in [0.25, 0.3) is 11.3 Å². The zero-order chi connectivity index (χ0) is 10.7. The summed E-state index contributed by atoms with van der Waals surface area (Å²) in [5.74, 6) is 1.13. The molecule has 0 fully saturated rings. The van der Waals surface area contributed by atoms with Gasteiger partial charge in [-0.1, -0.05) is 0 Å². The Hall–Kier alpha value is -2.24. The molecule has 0 aromatic carbocycles. The van der Waals surface area contributed by atoms with Crippen LogP contribution >= 0.6 is 0 Å². The van der Waals surface area contributed by atoms with Crippen molar-refractivity contribution in [3.8, 4) is 11.3 Å². The number of rotatable bonds is 2. The molecule has 0 radical (unpaired) electrons. The zero-order valence-electron chi connectivity index (χ0n) is 8.18. The van der Waals surface area contributed by atoms with Gasteiger partial charge >= 0.3 is 0 Å². The van der Waals surface area contributed by atoms with Crippen LogP contribution in [0.1, 0.15) is 0 Å². The third-order valence-electron chi connectivity index (χ3n) is 1.94. The zero-order valence-corrected chi connectivity index (χ0v) is 8.18. The molecule has 0 aliphatic heterocycles. The Labute approximate surface area is 86.6 Å². The number of nitrogens with two attached hydrogens (primary N) is 1. The SMILES string of the molecule is CNc1cc(-c2cncnc2N)ncn1. The number of aromatic nitrogens is 4. The van der Waals surface area contributed by atoms with Crippen LogP contribution in [-0.2, 0) is 0 Å². The molecule has 0 atom stereocenters. The van der Waals surface area contributed by atoms with Gasteiger partial charge in [0.15, 0.2) is 0 Å². The highest BCUT2D eigenvalue weighted by Crippen LogP contribution is 2.21. The molecule has 2 rings (SSSR count). The van der Waals surface area contributed by atoms with Gasteiger partial charge in [-0.05, 0) is 0 Å². The maximum Gasteiger partial charge on any atom is 0.136 e. The topological polar surface area (TPSA) is 89.6 Å². The maximum atomic E-state index is 5.71. The third kappa shape index (κ3) is 1.83. The van der Waals surface area contributed by atoms with Gasteiger partial charge < -0.3 is 11.1 Å². The fraction of sp³-hybridized carbons (Fsp3) is 0.111. The second-order valence-corrected chi connectivity index (χ2v) is 2.86. The maximum absolute atomic E-state index is 5.71. The van der Waals surface area contributed by atoms with Gasteiger partial charge in [-0.3, -0.25) is 0 Å². The molecule has 76 valence electrons. The lowest BCUT2D eigenvalue weighted by molar-refractivity contribution is 1.13. The van der Waals surface area contributed by atoms with Crippen molar-refractivity contribution in [3.05, 3.63) is 24.9 Å². The molecule has 6 heteroatoms. The monoisotopic (exact) mass is 202 g/mol. The van der Waals surface area contributed by atoms with E-state index in [0.29, 0.717) is 17.1 Å². The van der Waals surface area contributed by atoms with Crippen molar-refractivity contribution in [3.63, 3.8) is 0 Å². The summed E-state index contributed by atoms with van der Waals surface area (Å²) in [7, 11) is 1.79. The van der Waals surface area contributed by atoms with Crippen molar-refractivity contribution in [2.75, 3.05) is 18.1 Å². The number of nitrogen functional groups attached to an aromatic ring is 1. The van der Waals surface area contributed by atoms with E-state index in [1.165, 1.54) is 12.7 Å². The van der Waals surface area contributed by atoms with Crippen LogP contribution < -0.4 is 11.1 Å². The lowest BCUT2D eigenvalue weighted by Crippen LogP contribution is -1.98. The van der Waals surface area contributed by atoms with Crippen molar-refractivity contribution < 1.29 is 0 Å². The number of nitrogens with zero attached hydrogens (tertiary/aromatic N) is 4. The van der Waals surface area contributed by atoms with E-state index >= 15 is 0 Å². The van der Waals surface area contributed by atoms with Crippen LogP contribution in [0, 0.1) is 0 Å². The average molecular weight is 202 g/mol. The molecule has 2 aromatic heterocycles. The highest BCUT2D eigenvalue weighted by Gasteiger charge is 2.05. The fourth-order valence-electron chi connectivity index (χ4n) is 1.18. The molecule has 0 saturated carbocycles. The Morgan fingerprint density at radius 1 is 1.20 bits per heavy atom. The van der Waals surface area contributed by atoms with Crippen molar-refractivity contribution in [1.29, 1.82) is 0 Å². The molecule has 6 nitrogen and oxygen atoms in total. The van der Waals surface area contributed by atoms with E-state index in [1.54, 1.807) is 19.3 Å². The van der Waals surface area contributed by atoms with Gasteiger partial charge in [-0.2, -0.15) is 0 Å². The summed E-state index contributed by atoms with van der Waals surface area (Å²) in [6, 6.07) is 1.79. The van der Waals surface area contributed by atoms with Crippen molar-refractivity contribution in [2.45, 2.75) is 0 Å². The van der Waals surface area contributed by atoms with Crippen LogP contribution in [0.4, 0.5) is 11.6 Å². The van der Waals surface area contributed by atoms with Gasteiger partial charge in [-0.25, -0.2) is 19.9 Å². The standard InChI is InChI=1S/C9H10N6/c1-11-8-2-7(13-5-14-8)6-3-12-4-15-9(6)10/h2-5H,1H3,(H2,10,12,15)(H,11,13,14). The fourth-order valence-corrected chi connectivity index (χ4v) is 1.18. The van der Waals surface area contributed by atoms with E-state index in [0.717, 1.165) is 5.82 Å². The van der Waals surface area contributed by atoms with E-state index in [1.807, 2.05) is 0 Å². The van der Waals surface area contributed by atoms with Crippen LogP contribution in [0.5, 0.6) is 0 Å². The third-order valence-corrected chi connectivity index (χ3v) is 1.94. The smallest absolute Gasteiger partial charge is 0.136 e. The molecule has 0 saturated heterocycles. The van der Waals surface area contributed by atoms with Gasteiger partial charge in [-0.15, -0.1) is 0 Å². The van der Waals surface area contributed by atoms with Crippen molar-refractivity contribution >= 4 is 11.6 Å². The number of anilines is 2. The summed E-state index contributed by atoms with van der Waals surface area (Å²) >= 11 is 0. The molecule has 0 spiro atoms. The quantitative estimate of drug-likeness (QED) is 0.739. The van der Waals surface area contributed by atoms with E-state index < -0.39 is 0 Å². The van der Waals surface area contributed by atoms with E-state index in [-0.39, 0.29) is 0 Å². The Bertz CT molecular complexity index is 470. The summed E-state index contributed by atoms with van der Waals surface area (Å²) in [5.41, 5.74) is 7.12. The van der Waals surface area contributed by atoms with Crippen LogP contribution in [0.2, 0.25) is 0 Å². The predicted octanol–water partition coefficient (Wildman–Crippen LogP) is 0.557. The summed E-state index contributed by atoms with van der Waals surface area (Å²) in [6.45, 7) is 0. The first-order valence-electron chi connectivity index (χ1n) is 4.37. The largest absolute Gasteiger partial charge is 0.383 e. The predicted molar refractivity (Wildman–Crippen MR) is 57.0 cm³/mol. The highest BCUT2D eigenvalue weighted by molar-refractivity contribution is 5.70. The Morgan fingerprint density at radius 3 is 2.80 bits per heavy atom. The molecule has 2 heterocycles. The van der Waals surface area contributed by atoms with Crippen LogP contribution in [0.3, 0.4) is 0 Å². The minimum atomic E-state index is 0.408. The van der Waals surface area contributed by atoms with Gasteiger partial charge in [0.1, 0.15) is 24.3 Å². The summed E-state index contributed by atoms with van der Waals surface area (Å²) in [4.78, 5) is 15.9. The average Bonchev–Trinajstić information content (AvgIpc) is 2.30. The molecule has 0 aliphatic carbocycles. The van der Waals surface area contributed by atoms with Gasteiger partial charge in [0, 0.05) is 19.3 Å². The minimum absolute atomic E-state index is 0.408.